The molecule has 2 rings (SSSR count). The minimum atomic E-state index is -3.95. The number of anilines is 2. The largest absolute Gasteiger partial charge is 0.396 e. The number of nitrogens with two attached hydrogens (primary N) is 1. The lowest BCUT2D eigenvalue weighted by atomic mass is 10.2. The molecule has 0 aliphatic carbocycles. The number of hydrogen-bond donors (Lipinski definition) is 2. The van der Waals surface area contributed by atoms with E-state index in [1.807, 2.05) is 0 Å². The number of hydrogen-bond acceptors (Lipinski definition) is 3. The number of aryl methyl sites for hydroxylation is 1. The molecule has 0 atom stereocenters. The quantitative estimate of drug-likeness (QED) is 0.806. The summed E-state index contributed by atoms with van der Waals surface area (Å²) in [4.78, 5) is -0.137. The average Bonchev–Trinajstić information content (AvgIpc) is 2.37. The highest BCUT2D eigenvalue weighted by atomic mass is 79.9. The Labute approximate surface area is 129 Å². The first-order valence-electron chi connectivity index (χ1n) is 5.74. The van der Waals surface area contributed by atoms with Crippen LogP contribution in [0.5, 0.6) is 0 Å². The van der Waals surface area contributed by atoms with Gasteiger partial charge in [0, 0.05) is 0 Å². The Balaban J connectivity index is 2.43. The molecule has 0 aliphatic rings. The SMILES string of the molecule is Cc1cc(F)c(N)cc1S(=O)(=O)Nc1ccc(F)c(Br)c1. The molecule has 112 valence electrons. The maximum absolute atomic E-state index is 13.3. The second-order valence-corrected chi connectivity index (χ2v) is 6.88. The predicted molar refractivity (Wildman–Crippen MR) is 80.5 cm³/mol. The summed E-state index contributed by atoms with van der Waals surface area (Å²) in [6.07, 6.45) is 0. The van der Waals surface area contributed by atoms with Gasteiger partial charge in [0.05, 0.1) is 20.7 Å². The van der Waals surface area contributed by atoms with Crippen LogP contribution in [0.1, 0.15) is 5.56 Å². The Bertz CT molecular complexity index is 810. The molecular weight excluding hydrogens is 366 g/mol. The van der Waals surface area contributed by atoms with Gasteiger partial charge in [-0.1, -0.05) is 0 Å². The summed E-state index contributed by atoms with van der Waals surface area (Å²) in [5.41, 5.74) is 5.53. The molecule has 0 unspecified atom stereocenters. The van der Waals surface area contributed by atoms with Gasteiger partial charge in [0.25, 0.3) is 10.0 Å². The van der Waals surface area contributed by atoms with Crippen LogP contribution >= 0.6 is 15.9 Å². The van der Waals surface area contributed by atoms with Gasteiger partial charge in [0.2, 0.25) is 0 Å². The zero-order valence-electron chi connectivity index (χ0n) is 10.8. The number of halogens is 3. The number of benzene rings is 2. The van der Waals surface area contributed by atoms with Gasteiger partial charge < -0.3 is 5.73 Å². The zero-order valence-corrected chi connectivity index (χ0v) is 13.2. The lowest BCUT2D eigenvalue weighted by Gasteiger charge is -2.12. The molecule has 0 saturated carbocycles. The van der Waals surface area contributed by atoms with Crippen LogP contribution in [0.25, 0.3) is 0 Å². The van der Waals surface area contributed by atoms with Crippen LogP contribution in [0.2, 0.25) is 0 Å². The first kappa shape index (κ1) is 15.7. The van der Waals surface area contributed by atoms with Gasteiger partial charge in [0.1, 0.15) is 11.6 Å². The van der Waals surface area contributed by atoms with Crippen LogP contribution < -0.4 is 10.5 Å². The second-order valence-electron chi connectivity index (χ2n) is 4.37. The Morgan fingerprint density at radius 2 is 1.81 bits per heavy atom. The van der Waals surface area contributed by atoms with Crippen LogP contribution in [0, 0.1) is 18.6 Å². The van der Waals surface area contributed by atoms with E-state index < -0.39 is 21.7 Å². The number of sulfonamides is 1. The minimum Gasteiger partial charge on any atom is -0.396 e. The smallest absolute Gasteiger partial charge is 0.262 e. The van der Waals surface area contributed by atoms with E-state index >= 15 is 0 Å². The molecule has 21 heavy (non-hydrogen) atoms. The Hall–Kier alpha value is -1.67. The Morgan fingerprint density at radius 1 is 1.14 bits per heavy atom. The summed E-state index contributed by atoms with van der Waals surface area (Å²) >= 11 is 2.97. The third-order valence-electron chi connectivity index (χ3n) is 2.76. The van der Waals surface area contributed by atoms with Gasteiger partial charge in [-0.2, -0.15) is 0 Å². The van der Waals surface area contributed by atoms with Crippen molar-refractivity contribution in [1.29, 1.82) is 0 Å². The molecule has 0 bridgehead atoms. The van der Waals surface area contributed by atoms with E-state index in [1.165, 1.54) is 19.1 Å². The van der Waals surface area contributed by atoms with E-state index in [2.05, 4.69) is 20.7 Å². The first-order valence-corrected chi connectivity index (χ1v) is 8.02. The van der Waals surface area contributed by atoms with Gasteiger partial charge in [-0.15, -0.1) is 0 Å². The fraction of sp³-hybridized carbons (Fsp3) is 0.0769. The maximum atomic E-state index is 13.3. The van der Waals surface area contributed by atoms with Gasteiger partial charge in [-0.05, 0) is 58.7 Å². The summed E-state index contributed by atoms with van der Waals surface area (Å²) in [6.45, 7) is 1.46. The number of rotatable bonds is 3. The maximum Gasteiger partial charge on any atom is 0.262 e. The summed E-state index contributed by atoms with van der Waals surface area (Å²) in [6, 6.07) is 5.78. The van der Waals surface area contributed by atoms with Crippen molar-refractivity contribution in [3.8, 4) is 0 Å². The summed E-state index contributed by atoms with van der Waals surface area (Å²) in [5, 5.41) is 0. The van der Waals surface area contributed by atoms with E-state index in [-0.39, 0.29) is 26.3 Å². The molecule has 0 fully saturated rings. The molecule has 0 saturated heterocycles. The fourth-order valence-corrected chi connectivity index (χ4v) is 3.42. The second kappa shape index (κ2) is 5.61. The van der Waals surface area contributed by atoms with Crippen molar-refractivity contribution in [2.24, 2.45) is 0 Å². The van der Waals surface area contributed by atoms with Crippen LogP contribution in [0.4, 0.5) is 20.2 Å². The van der Waals surface area contributed by atoms with Crippen molar-refractivity contribution < 1.29 is 17.2 Å². The van der Waals surface area contributed by atoms with E-state index in [1.54, 1.807) is 0 Å². The minimum absolute atomic E-state index is 0.123. The molecule has 0 heterocycles. The standard InChI is InChI=1S/C13H11BrF2N2O2S/c1-7-4-11(16)12(17)6-13(7)21(19,20)18-8-2-3-10(15)9(14)5-8/h2-6,18H,17H2,1H3. The van der Waals surface area contributed by atoms with E-state index in [0.29, 0.717) is 0 Å². The highest BCUT2D eigenvalue weighted by molar-refractivity contribution is 9.10. The van der Waals surface area contributed by atoms with E-state index in [4.69, 9.17) is 5.73 Å². The van der Waals surface area contributed by atoms with Crippen LogP contribution in [0.15, 0.2) is 39.7 Å². The molecule has 3 N–H and O–H groups in total. The normalized spacial score (nSPS) is 11.4. The Morgan fingerprint density at radius 3 is 2.43 bits per heavy atom. The fourth-order valence-electron chi connectivity index (χ4n) is 1.73. The molecule has 0 aromatic heterocycles. The summed E-state index contributed by atoms with van der Waals surface area (Å²) in [5.74, 6) is -1.20. The lowest BCUT2D eigenvalue weighted by Crippen LogP contribution is -2.15. The first-order chi connectivity index (χ1) is 9.70. The van der Waals surface area contributed by atoms with Crippen molar-refractivity contribution >= 4 is 37.3 Å². The van der Waals surface area contributed by atoms with Crippen molar-refractivity contribution in [2.45, 2.75) is 11.8 Å². The van der Waals surface area contributed by atoms with Gasteiger partial charge in [-0.25, -0.2) is 17.2 Å². The monoisotopic (exact) mass is 376 g/mol. The molecule has 0 radical (unpaired) electrons. The third-order valence-corrected chi connectivity index (χ3v) is 4.89. The molecule has 8 heteroatoms. The average molecular weight is 377 g/mol. The summed E-state index contributed by atoms with van der Waals surface area (Å²) in [7, 11) is -3.95. The highest BCUT2D eigenvalue weighted by Crippen LogP contribution is 2.26. The lowest BCUT2D eigenvalue weighted by molar-refractivity contribution is 0.598. The van der Waals surface area contributed by atoms with Crippen LogP contribution in [0.3, 0.4) is 0 Å². The zero-order chi connectivity index (χ0) is 15.8. The van der Waals surface area contributed by atoms with Gasteiger partial charge in [-0.3, -0.25) is 4.72 Å². The van der Waals surface area contributed by atoms with Crippen molar-refractivity contribution in [2.75, 3.05) is 10.5 Å². The molecule has 0 amide bonds. The predicted octanol–water partition coefficient (Wildman–Crippen LogP) is 3.42. The summed E-state index contributed by atoms with van der Waals surface area (Å²) < 4.78 is 53.4. The third kappa shape index (κ3) is 3.33. The van der Waals surface area contributed by atoms with Gasteiger partial charge >= 0.3 is 0 Å². The Kier molecular flexibility index (Phi) is 4.20. The molecule has 0 aliphatic heterocycles. The molecular formula is C13H11BrF2N2O2S. The topological polar surface area (TPSA) is 72.2 Å². The molecule has 2 aromatic rings. The van der Waals surface area contributed by atoms with Crippen molar-refractivity contribution in [1.82, 2.24) is 0 Å². The highest BCUT2D eigenvalue weighted by Gasteiger charge is 2.19. The number of nitrogens with one attached hydrogen (secondary N) is 1. The van der Waals surface area contributed by atoms with Crippen LogP contribution in [-0.4, -0.2) is 8.42 Å². The molecule has 4 nitrogen and oxygen atoms in total. The van der Waals surface area contributed by atoms with Crippen molar-refractivity contribution in [3.05, 3.63) is 52.0 Å². The van der Waals surface area contributed by atoms with Crippen molar-refractivity contribution in [3.63, 3.8) is 0 Å². The molecule has 2 aromatic carbocycles. The molecule has 0 spiro atoms. The van der Waals surface area contributed by atoms with Gasteiger partial charge in [0.15, 0.2) is 0 Å². The van der Waals surface area contributed by atoms with E-state index in [9.17, 15) is 17.2 Å². The number of nitrogen functional groups attached to an aromatic ring is 1. The van der Waals surface area contributed by atoms with E-state index in [0.717, 1.165) is 18.2 Å². The van der Waals surface area contributed by atoms with Crippen LogP contribution in [-0.2, 0) is 10.0 Å².